The van der Waals surface area contributed by atoms with E-state index in [-0.39, 0.29) is 18.2 Å². The summed E-state index contributed by atoms with van der Waals surface area (Å²) in [6.07, 6.45) is 0. The highest BCUT2D eigenvalue weighted by Gasteiger charge is 2.29. The zero-order chi connectivity index (χ0) is 20.0. The van der Waals surface area contributed by atoms with Crippen LogP contribution in [0.1, 0.15) is 21.6 Å². The van der Waals surface area contributed by atoms with Crippen LogP contribution in [-0.4, -0.2) is 16.2 Å². The lowest BCUT2D eigenvalue weighted by atomic mass is 10.0. The number of fused-ring (bicyclic) bond motifs is 3. The molecule has 1 aliphatic heterocycles. The number of ether oxygens (including phenoxy) is 1. The van der Waals surface area contributed by atoms with E-state index >= 15 is 0 Å². The molecule has 0 aliphatic carbocycles. The molecule has 0 unspecified atom stereocenters. The van der Waals surface area contributed by atoms with Gasteiger partial charge in [0.25, 0.3) is 5.91 Å². The molecule has 4 aromatic rings. The van der Waals surface area contributed by atoms with Crippen LogP contribution < -0.4 is 10.1 Å². The van der Waals surface area contributed by atoms with Crippen molar-refractivity contribution in [3.05, 3.63) is 70.4 Å². The molecule has 29 heavy (non-hydrogen) atoms. The molecule has 1 amide bonds. The number of halogens is 1. The summed E-state index contributed by atoms with van der Waals surface area (Å²) in [4.78, 5) is 12.7. The first-order chi connectivity index (χ1) is 14.1. The van der Waals surface area contributed by atoms with Crippen molar-refractivity contribution in [1.29, 1.82) is 0 Å². The minimum absolute atomic E-state index is 0.146. The Bertz CT molecular complexity index is 1240. The summed E-state index contributed by atoms with van der Waals surface area (Å²) in [5.41, 5.74) is 3.90. The largest absolute Gasteiger partial charge is 0.488 e. The van der Waals surface area contributed by atoms with Gasteiger partial charge in [0.2, 0.25) is 5.88 Å². The Kier molecular flexibility index (Phi) is 4.10. The Hall–Kier alpha value is -3.58. The van der Waals surface area contributed by atoms with Crippen LogP contribution >= 0.6 is 11.6 Å². The van der Waals surface area contributed by atoms with Gasteiger partial charge in [-0.1, -0.05) is 45.7 Å². The molecule has 5 rings (SSSR count). The second kappa shape index (κ2) is 6.79. The molecule has 1 aliphatic rings. The van der Waals surface area contributed by atoms with Gasteiger partial charge in [-0.05, 0) is 31.2 Å². The highest BCUT2D eigenvalue weighted by molar-refractivity contribution is 6.30. The fraction of sp³-hybridized carbons (Fsp3) is 0.0952. The van der Waals surface area contributed by atoms with Gasteiger partial charge in [-0.25, -0.2) is 0 Å². The first-order valence-corrected chi connectivity index (χ1v) is 9.22. The van der Waals surface area contributed by atoms with E-state index < -0.39 is 5.91 Å². The fourth-order valence-corrected chi connectivity index (χ4v) is 3.41. The average Bonchev–Trinajstić information content (AvgIpc) is 3.35. The Morgan fingerprint density at radius 3 is 2.86 bits per heavy atom. The number of carbonyl (C=O) groups excluding carboxylic acids is 1. The van der Waals surface area contributed by atoms with Crippen molar-refractivity contribution in [2.24, 2.45) is 0 Å². The fourth-order valence-electron chi connectivity index (χ4n) is 3.22. The van der Waals surface area contributed by atoms with Gasteiger partial charge in [-0.3, -0.25) is 10.1 Å². The zero-order valence-corrected chi connectivity index (χ0v) is 16.0. The predicted molar refractivity (Wildman–Crippen MR) is 106 cm³/mol. The van der Waals surface area contributed by atoms with E-state index in [1.807, 2.05) is 37.3 Å². The number of nitrogens with one attached hydrogen (secondary N) is 1. The summed E-state index contributed by atoms with van der Waals surface area (Å²) >= 11 is 6.01. The molecular formula is C21H14ClN3O4. The van der Waals surface area contributed by atoms with Crippen molar-refractivity contribution < 1.29 is 18.6 Å². The smallest absolute Gasteiger partial charge is 0.280 e. The average molecular weight is 408 g/mol. The van der Waals surface area contributed by atoms with Gasteiger partial charge in [0.05, 0.1) is 11.1 Å². The number of hydrogen-bond donors (Lipinski definition) is 1. The Labute approximate surface area is 170 Å². The second-order valence-corrected chi connectivity index (χ2v) is 7.10. The van der Waals surface area contributed by atoms with Crippen LogP contribution in [0.4, 0.5) is 5.88 Å². The lowest BCUT2D eigenvalue weighted by molar-refractivity contribution is 0.101. The van der Waals surface area contributed by atoms with Crippen LogP contribution in [0.2, 0.25) is 5.02 Å². The van der Waals surface area contributed by atoms with Crippen molar-refractivity contribution in [2.75, 3.05) is 5.32 Å². The van der Waals surface area contributed by atoms with Crippen LogP contribution in [0.3, 0.4) is 0 Å². The third-order valence-corrected chi connectivity index (χ3v) is 4.86. The third kappa shape index (κ3) is 3.15. The number of aromatic nitrogens is 2. The number of anilines is 1. The van der Waals surface area contributed by atoms with Gasteiger partial charge in [-0.15, -0.1) is 0 Å². The van der Waals surface area contributed by atoms with E-state index in [0.29, 0.717) is 27.8 Å². The van der Waals surface area contributed by atoms with Gasteiger partial charge in [0.15, 0.2) is 11.5 Å². The zero-order valence-electron chi connectivity index (χ0n) is 15.2. The van der Waals surface area contributed by atoms with Crippen LogP contribution in [-0.2, 0) is 6.61 Å². The standard InChI is InChI=1S/C21H14ClN3O4/c1-11-5-6-17-14(7-11)20-15(10-27-17)19(25-29-20)21(26)23-18-9-16(24-28-18)12-3-2-4-13(22)8-12/h2-9H,10H2,1H3,(H,23,26). The van der Waals surface area contributed by atoms with E-state index in [4.69, 9.17) is 25.4 Å². The van der Waals surface area contributed by atoms with Crippen molar-refractivity contribution in [3.63, 3.8) is 0 Å². The maximum Gasteiger partial charge on any atom is 0.280 e. The number of aryl methyl sites for hydroxylation is 1. The summed E-state index contributed by atoms with van der Waals surface area (Å²) in [7, 11) is 0. The molecule has 0 radical (unpaired) electrons. The van der Waals surface area contributed by atoms with Gasteiger partial charge in [0, 0.05) is 16.7 Å². The van der Waals surface area contributed by atoms with Gasteiger partial charge in [-0.2, -0.15) is 0 Å². The molecule has 0 saturated heterocycles. The van der Waals surface area contributed by atoms with Crippen molar-refractivity contribution >= 4 is 23.4 Å². The summed E-state index contributed by atoms with van der Waals surface area (Å²) in [6.45, 7) is 2.17. The van der Waals surface area contributed by atoms with Crippen molar-refractivity contribution in [3.8, 4) is 28.3 Å². The topological polar surface area (TPSA) is 90.4 Å². The maximum atomic E-state index is 12.7. The summed E-state index contributed by atoms with van der Waals surface area (Å²) < 4.78 is 16.4. The predicted octanol–water partition coefficient (Wildman–Crippen LogP) is 5.10. The first-order valence-electron chi connectivity index (χ1n) is 8.85. The molecule has 0 saturated carbocycles. The number of benzene rings is 2. The van der Waals surface area contributed by atoms with E-state index in [9.17, 15) is 4.79 Å². The Morgan fingerprint density at radius 2 is 2.00 bits per heavy atom. The van der Waals surface area contributed by atoms with E-state index in [2.05, 4.69) is 15.6 Å². The number of rotatable bonds is 3. The summed E-state index contributed by atoms with van der Waals surface area (Å²) in [5, 5.41) is 11.2. The molecule has 2 aromatic heterocycles. The van der Waals surface area contributed by atoms with Crippen LogP contribution in [0.25, 0.3) is 22.6 Å². The van der Waals surface area contributed by atoms with Gasteiger partial charge in [0.1, 0.15) is 18.1 Å². The molecule has 1 N–H and O–H groups in total. The molecular weight excluding hydrogens is 394 g/mol. The molecule has 0 bridgehead atoms. The normalized spacial score (nSPS) is 12.1. The minimum Gasteiger partial charge on any atom is -0.488 e. The van der Waals surface area contributed by atoms with Crippen molar-refractivity contribution in [2.45, 2.75) is 13.5 Å². The summed E-state index contributed by atoms with van der Waals surface area (Å²) in [5.74, 6) is 0.961. The number of hydrogen-bond acceptors (Lipinski definition) is 6. The number of amides is 1. The van der Waals surface area contributed by atoms with Crippen LogP contribution in [0.5, 0.6) is 5.75 Å². The third-order valence-electron chi connectivity index (χ3n) is 4.62. The minimum atomic E-state index is -0.469. The number of carbonyl (C=O) groups is 1. The van der Waals surface area contributed by atoms with Crippen LogP contribution in [0, 0.1) is 6.92 Å². The second-order valence-electron chi connectivity index (χ2n) is 6.67. The van der Waals surface area contributed by atoms with E-state index in [1.54, 1.807) is 18.2 Å². The highest BCUT2D eigenvalue weighted by Crippen LogP contribution is 2.39. The molecule has 7 nitrogen and oxygen atoms in total. The van der Waals surface area contributed by atoms with E-state index in [1.165, 1.54) is 0 Å². The molecule has 2 aromatic carbocycles. The van der Waals surface area contributed by atoms with Crippen molar-refractivity contribution in [1.82, 2.24) is 10.3 Å². The van der Waals surface area contributed by atoms with E-state index in [0.717, 1.165) is 16.7 Å². The van der Waals surface area contributed by atoms with Gasteiger partial charge >= 0.3 is 0 Å². The molecule has 0 spiro atoms. The highest BCUT2D eigenvalue weighted by atomic mass is 35.5. The quantitative estimate of drug-likeness (QED) is 0.508. The molecule has 144 valence electrons. The molecule has 8 heteroatoms. The number of nitrogens with zero attached hydrogens (tertiary/aromatic N) is 2. The molecule has 0 atom stereocenters. The lowest BCUT2D eigenvalue weighted by Gasteiger charge is -2.16. The SMILES string of the molecule is Cc1ccc2c(c1)-c1onc(C(=O)Nc3cc(-c4cccc(Cl)c4)no3)c1CO2. The first kappa shape index (κ1) is 17.5. The van der Waals surface area contributed by atoms with Crippen LogP contribution in [0.15, 0.2) is 57.6 Å². The molecule has 3 heterocycles. The monoisotopic (exact) mass is 407 g/mol. The lowest BCUT2D eigenvalue weighted by Crippen LogP contribution is -2.16. The Morgan fingerprint density at radius 1 is 1.10 bits per heavy atom. The Balaban J connectivity index is 1.41. The van der Waals surface area contributed by atoms with Gasteiger partial charge < -0.3 is 13.8 Å². The summed E-state index contributed by atoms with van der Waals surface area (Å²) in [6, 6.07) is 14.6. The molecule has 0 fully saturated rings. The maximum absolute atomic E-state index is 12.7.